The molecular formula is C15H23N3O3S. The predicted octanol–water partition coefficient (Wildman–Crippen LogP) is 0.545. The van der Waals surface area contributed by atoms with Crippen LogP contribution in [0.1, 0.15) is 11.3 Å². The first-order valence-corrected chi connectivity index (χ1v) is 8.36. The van der Waals surface area contributed by atoms with E-state index >= 15 is 0 Å². The molecule has 22 heavy (non-hydrogen) atoms. The number of hydrogen-bond donors (Lipinski definition) is 1. The number of rotatable bonds is 7. The van der Waals surface area contributed by atoms with Gasteiger partial charge in [0.2, 0.25) is 5.91 Å². The molecule has 6 nitrogen and oxygen atoms in total. The lowest BCUT2D eigenvalue weighted by Crippen LogP contribution is -2.46. The van der Waals surface area contributed by atoms with Crippen LogP contribution >= 0.6 is 11.3 Å². The molecule has 1 aliphatic heterocycles. The van der Waals surface area contributed by atoms with Crippen LogP contribution in [0.15, 0.2) is 17.5 Å². The van der Waals surface area contributed by atoms with Gasteiger partial charge in [0.25, 0.3) is 0 Å². The number of ether oxygens (including phenoxy) is 1. The zero-order valence-corrected chi connectivity index (χ0v) is 13.7. The monoisotopic (exact) mass is 325 g/mol. The van der Waals surface area contributed by atoms with Crippen LogP contribution in [0.4, 0.5) is 0 Å². The molecule has 0 spiro atoms. The third-order valence-electron chi connectivity index (χ3n) is 3.74. The van der Waals surface area contributed by atoms with Gasteiger partial charge in [0.1, 0.15) is 6.54 Å². The van der Waals surface area contributed by atoms with E-state index in [4.69, 9.17) is 0 Å². The number of thiophene rings is 1. The van der Waals surface area contributed by atoms with E-state index in [-0.39, 0.29) is 12.5 Å². The van der Waals surface area contributed by atoms with Gasteiger partial charge in [-0.05, 0) is 11.4 Å². The topological polar surface area (TPSA) is 61.9 Å². The van der Waals surface area contributed by atoms with Crippen LogP contribution in [-0.4, -0.2) is 68.1 Å². The first-order valence-electron chi connectivity index (χ1n) is 7.48. The smallest absolute Gasteiger partial charge is 0.325 e. The molecule has 2 rings (SSSR count). The molecule has 1 aliphatic rings. The van der Waals surface area contributed by atoms with Gasteiger partial charge in [0, 0.05) is 50.6 Å². The summed E-state index contributed by atoms with van der Waals surface area (Å²) in [5.74, 6) is -0.526. The molecule has 1 aromatic heterocycles. The van der Waals surface area contributed by atoms with Gasteiger partial charge in [-0.25, -0.2) is 0 Å². The van der Waals surface area contributed by atoms with Crippen molar-refractivity contribution in [1.82, 2.24) is 15.1 Å². The van der Waals surface area contributed by atoms with E-state index in [0.29, 0.717) is 6.42 Å². The summed E-state index contributed by atoms with van der Waals surface area (Å²) >= 11 is 1.80. The van der Waals surface area contributed by atoms with Gasteiger partial charge in [0.05, 0.1) is 7.11 Å². The normalized spacial score (nSPS) is 16.4. The summed E-state index contributed by atoms with van der Waals surface area (Å²) in [5, 5.41) is 4.67. The molecule has 1 fully saturated rings. The minimum absolute atomic E-state index is 0.0517. The number of methoxy groups -OCH3 is 1. The molecule has 1 amide bonds. The summed E-state index contributed by atoms with van der Waals surface area (Å²) in [6, 6.07) is 4.26. The summed E-state index contributed by atoms with van der Waals surface area (Å²) in [4.78, 5) is 28.7. The first-order chi connectivity index (χ1) is 10.7. The average Bonchev–Trinajstić information content (AvgIpc) is 3.04. The van der Waals surface area contributed by atoms with Gasteiger partial charge in [-0.15, -0.1) is 11.3 Å². The largest absolute Gasteiger partial charge is 0.468 e. The van der Waals surface area contributed by atoms with E-state index in [1.54, 1.807) is 11.3 Å². The number of nitrogens with zero attached hydrogens (tertiary/aromatic N) is 2. The zero-order valence-electron chi connectivity index (χ0n) is 12.9. The molecule has 1 aromatic rings. The van der Waals surface area contributed by atoms with E-state index in [9.17, 15) is 9.59 Å². The Labute approximate surface area is 135 Å². The molecule has 0 aromatic carbocycles. The Kier molecular flexibility index (Phi) is 6.82. The van der Waals surface area contributed by atoms with Crippen LogP contribution in [0.2, 0.25) is 0 Å². The van der Waals surface area contributed by atoms with Gasteiger partial charge in [0.15, 0.2) is 0 Å². The van der Waals surface area contributed by atoms with E-state index in [1.165, 1.54) is 12.0 Å². The maximum Gasteiger partial charge on any atom is 0.325 e. The SMILES string of the molecule is COC(=O)CNC(=O)CCN1CCN(Cc2cccs2)CC1. The Morgan fingerprint density at radius 2 is 2.00 bits per heavy atom. The fourth-order valence-corrected chi connectivity index (χ4v) is 3.13. The Bertz CT molecular complexity index is 470. The number of piperazine rings is 1. The van der Waals surface area contributed by atoms with Gasteiger partial charge in [-0.3, -0.25) is 14.5 Å². The van der Waals surface area contributed by atoms with Crippen molar-refractivity contribution in [3.05, 3.63) is 22.4 Å². The lowest BCUT2D eigenvalue weighted by Gasteiger charge is -2.34. The third-order valence-corrected chi connectivity index (χ3v) is 4.60. The van der Waals surface area contributed by atoms with Crippen LogP contribution in [0, 0.1) is 0 Å². The second kappa shape index (κ2) is 8.87. The standard InChI is InChI=1S/C15H23N3O3S/c1-21-15(20)11-16-14(19)4-5-17-6-8-18(9-7-17)12-13-3-2-10-22-13/h2-3,10H,4-9,11-12H2,1H3,(H,16,19). The Balaban J connectivity index is 1.59. The third kappa shape index (κ3) is 5.75. The quantitative estimate of drug-likeness (QED) is 0.742. The molecule has 122 valence electrons. The highest BCUT2D eigenvalue weighted by Crippen LogP contribution is 2.13. The number of esters is 1. The summed E-state index contributed by atoms with van der Waals surface area (Å²) in [6.07, 6.45) is 0.419. The first kappa shape index (κ1) is 16.9. The molecule has 2 heterocycles. The molecular weight excluding hydrogens is 302 g/mol. The lowest BCUT2D eigenvalue weighted by atomic mass is 10.2. The molecule has 0 saturated carbocycles. The van der Waals surface area contributed by atoms with Crippen molar-refractivity contribution in [3.63, 3.8) is 0 Å². The van der Waals surface area contributed by atoms with Crippen molar-refractivity contribution in [2.45, 2.75) is 13.0 Å². The number of hydrogen-bond acceptors (Lipinski definition) is 6. The zero-order chi connectivity index (χ0) is 15.8. The number of amides is 1. The summed E-state index contributed by atoms with van der Waals surface area (Å²) in [5.41, 5.74) is 0. The fraction of sp³-hybridized carbons (Fsp3) is 0.600. The van der Waals surface area contributed by atoms with Crippen LogP contribution in [-0.2, 0) is 20.9 Å². The van der Waals surface area contributed by atoms with Gasteiger partial charge < -0.3 is 15.0 Å². The van der Waals surface area contributed by atoms with Gasteiger partial charge in [-0.2, -0.15) is 0 Å². The van der Waals surface area contributed by atoms with Gasteiger partial charge >= 0.3 is 5.97 Å². The Morgan fingerprint density at radius 3 is 2.64 bits per heavy atom. The van der Waals surface area contributed by atoms with Crippen molar-refractivity contribution in [2.75, 3.05) is 46.4 Å². The molecule has 0 radical (unpaired) electrons. The molecule has 1 saturated heterocycles. The summed E-state index contributed by atoms with van der Waals surface area (Å²) in [7, 11) is 1.31. The van der Waals surface area contributed by atoms with Crippen molar-refractivity contribution >= 4 is 23.2 Å². The lowest BCUT2D eigenvalue weighted by molar-refractivity contribution is -0.141. The molecule has 0 aliphatic carbocycles. The van der Waals surface area contributed by atoms with Crippen LogP contribution in [0.3, 0.4) is 0 Å². The van der Waals surface area contributed by atoms with Crippen LogP contribution in [0.5, 0.6) is 0 Å². The van der Waals surface area contributed by atoms with E-state index in [0.717, 1.165) is 39.3 Å². The predicted molar refractivity (Wildman–Crippen MR) is 85.7 cm³/mol. The fourth-order valence-electron chi connectivity index (χ4n) is 2.38. The van der Waals surface area contributed by atoms with E-state index in [2.05, 4.69) is 37.4 Å². The number of carbonyl (C=O) groups is 2. The molecule has 1 N–H and O–H groups in total. The van der Waals surface area contributed by atoms with Crippen molar-refractivity contribution < 1.29 is 14.3 Å². The second-order valence-electron chi connectivity index (χ2n) is 5.30. The average molecular weight is 325 g/mol. The molecule has 0 bridgehead atoms. The maximum atomic E-state index is 11.6. The van der Waals surface area contributed by atoms with E-state index in [1.807, 2.05) is 0 Å². The minimum Gasteiger partial charge on any atom is -0.468 e. The highest BCUT2D eigenvalue weighted by Gasteiger charge is 2.17. The molecule has 0 unspecified atom stereocenters. The summed E-state index contributed by atoms with van der Waals surface area (Å²) < 4.78 is 4.48. The summed E-state index contributed by atoms with van der Waals surface area (Å²) in [6.45, 7) is 5.73. The number of nitrogens with one attached hydrogen (secondary N) is 1. The van der Waals surface area contributed by atoms with Crippen LogP contribution in [0.25, 0.3) is 0 Å². The molecule has 7 heteroatoms. The van der Waals surface area contributed by atoms with E-state index < -0.39 is 5.97 Å². The number of carbonyl (C=O) groups excluding carboxylic acids is 2. The van der Waals surface area contributed by atoms with Crippen molar-refractivity contribution in [3.8, 4) is 0 Å². The highest BCUT2D eigenvalue weighted by atomic mass is 32.1. The maximum absolute atomic E-state index is 11.6. The molecule has 0 atom stereocenters. The highest BCUT2D eigenvalue weighted by molar-refractivity contribution is 7.09. The van der Waals surface area contributed by atoms with Gasteiger partial charge in [-0.1, -0.05) is 6.07 Å². The van der Waals surface area contributed by atoms with Crippen molar-refractivity contribution in [1.29, 1.82) is 0 Å². The second-order valence-corrected chi connectivity index (χ2v) is 6.33. The Morgan fingerprint density at radius 1 is 1.27 bits per heavy atom. The Hall–Kier alpha value is -1.44. The van der Waals surface area contributed by atoms with Crippen molar-refractivity contribution in [2.24, 2.45) is 0 Å². The minimum atomic E-state index is -0.421. The van der Waals surface area contributed by atoms with Crippen LogP contribution < -0.4 is 5.32 Å².